The molecule has 1 N–H and O–H groups in total. The average Bonchev–Trinajstić information content (AvgIpc) is 2.88. The number of hydrogen-bond donors (Lipinski definition) is 1. The standard InChI is InChI=1S/C25H18F5N3O4S/c26-17-5-6-21(27)20(12-17)15-4-7-23-22(10-15)33(14-18(37-23)13-32-24(34)8-9-31)38(35,36)19-3-1-2-16(11-19)25(28,29)30/h1-7,10-12,18H,8,13-14H2,(H,32,34)/t18-/m0/s1. The van der Waals surface area contributed by atoms with E-state index in [0.717, 1.165) is 40.7 Å². The zero-order valence-electron chi connectivity index (χ0n) is 19.3. The van der Waals surface area contributed by atoms with Crippen LogP contribution >= 0.6 is 0 Å². The maximum Gasteiger partial charge on any atom is 0.416 e. The van der Waals surface area contributed by atoms with Gasteiger partial charge in [0, 0.05) is 5.56 Å². The lowest BCUT2D eigenvalue weighted by Gasteiger charge is -2.36. The van der Waals surface area contributed by atoms with Crippen molar-refractivity contribution >= 4 is 21.6 Å². The number of fused-ring (bicyclic) bond motifs is 1. The van der Waals surface area contributed by atoms with Crippen molar-refractivity contribution in [2.24, 2.45) is 0 Å². The molecule has 1 aliphatic rings. The number of carbonyl (C=O) groups excluding carboxylic acids is 1. The minimum Gasteiger partial charge on any atom is -0.484 e. The zero-order valence-corrected chi connectivity index (χ0v) is 20.1. The van der Waals surface area contributed by atoms with E-state index in [9.17, 15) is 35.2 Å². The van der Waals surface area contributed by atoms with E-state index in [-0.39, 0.29) is 29.1 Å². The minimum absolute atomic E-state index is 0.0214. The lowest BCUT2D eigenvalue weighted by molar-refractivity contribution is -0.137. The van der Waals surface area contributed by atoms with Crippen LogP contribution in [-0.2, 0) is 21.0 Å². The van der Waals surface area contributed by atoms with Crippen LogP contribution in [0.2, 0.25) is 0 Å². The molecule has 0 aromatic heterocycles. The van der Waals surface area contributed by atoms with Gasteiger partial charge in [0.15, 0.2) is 0 Å². The van der Waals surface area contributed by atoms with Crippen molar-refractivity contribution < 1.29 is 39.9 Å². The van der Waals surface area contributed by atoms with Gasteiger partial charge in [0.2, 0.25) is 5.91 Å². The van der Waals surface area contributed by atoms with Gasteiger partial charge < -0.3 is 10.1 Å². The molecule has 0 spiro atoms. The molecular weight excluding hydrogens is 533 g/mol. The van der Waals surface area contributed by atoms with Crippen LogP contribution < -0.4 is 14.4 Å². The second kappa shape index (κ2) is 10.3. The highest BCUT2D eigenvalue weighted by molar-refractivity contribution is 7.92. The summed E-state index contributed by atoms with van der Waals surface area (Å²) in [5.41, 5.74) is -1.38. The van der Waals surface area contributed by atoms with Crippen molar-refractivity contribution in [3.05, 3.63) is 77.9 Å². The summed E-state index contributed by atoms with van der Waals surface area (Å²) in [6, 6.07) is 11.5. The molecule has 198 valence electrons. The number of ether oxygens (including phenoxy) is 1. The normalized spacial score (nSPS) is 15.3. The van der Waals surface area contributed by atoms with E-state index in [2.05, 4.69) is 5.32 Å². The maximum atomic E-state index is 14.4. The van der Waals surface area contributed by atoms with Crippen molar-refractivity contribution in [1.82, 2.24) is 5.32 Å². The van der Waals surface area contributed by atoms with Crippen LogP contribution in [0.25, 0.3) is 11.1 Å². The molecule has 0 radical (unpaired) electrons. The number of hydrogen-bond acceptors (Lipinski definition) is 5. The maximum absolute atomic E-state index is 14.4. The molecular formula is C25H18F5N3O4S. The molecule has 1 atom stereocenters. The van der Waals surface area contributed by atoms with E-state index in [1.54, 1.807) is 6.07 Å². The van der Waals surface area contributed by atoms with Crippen molar-refractivity contribution in [2.45, 2.75) is 23.6 Å². The Morgan fingerprint density at radius 1 is 1.11 bits per heavy atom. The molecule has 38 heavy (non-hydrogen) atoms. The third kappa shape index (κ3) is 5.55. The molecule has 0 saturated carbocycles. The number of nitriles is 1. The van der Waals surface area contributed by atoms with E-state index < -0.39 is 63.3 Å². The molecule has 13 heteroatoms. The lowest BCUT2D eigenvalue weighted by Crippen LogP contribution is -2.48. The highest BCUT2D eigenvalue weighted by atomic mass is 32.2. The minimum atomic E-state index is -4.80. The number of rotatable bonds is 6. The van der Waals surface area contributed by atoms with Gasteiger partial charge in [-0.05, 0) is 54.1 Å². The van der Waals surface area contributed by atoms with E-state index in [4.69, 9.17) is 10.00 Å². The van der Waals surface area contributed by atoms with Crippen LogP contribution in [0.1, 0.15) is 12.0 Å². The highest BCUT2D eigenvalue weighted by Gasteiger charge is 2.37. The Morgan fingerprint density at radius 2 is 1.87 bits per heavy atom. The summed E-state index contributed by atoms with van der Waals surface area (Å²) in [5.74, 6) is -2.18. The Morgan fingerprint density at radius 3 is 2.58 bits per heavy atom. The fourth-order valence-electron chi connectivity index (χ4n) is 3.85. The van der Waals surface area contributed by atoms with Crippen LogP contribution in [0.5, 0.6) is 5.75 Å². The van der Waals surface area contributed by atoms with Crippen LogP contribution in [0.4, 0.5) is 27.6 Å². The van der Waals surface area contributed by atoms with Gasteiger partial charge in [-0.25, -0.2) is 17.2 Å². The quantitative estimate of drug-likeness (QED) is 0.451. The first-order valence-corrected chi connectivity index (χ1v) is 12.4. The summed E-state index contributed by atoms with van der Waals surface area (Å²) in [4.78, 5) is 11.1. The molecule has 0 saturated heterocycles. The second-order valence-corrected chi connectivity index (χ2v) is 10.1. The molecule has 4 rings (SSSR count). The van der Waals surface area contributed by atoms with Crippen molar-refractivity contribution in [1.29, 1.82) is 5.26 Å². The summed E-state index contributed by atoms with van der Waals surface area (Å²) < 4.78 is 102. The monoisotopic (exact) mass is 551 g/mol. The fourth-order valence-corrected chi connectivity index (χ4v) is 5.40. The Bertz CT molecular complexity index is 1540. The topological polar surface area (TPSA) is 99.5 Å². The first-order chi connectivity index (χ1) is 17.9. The molecule has 1 heterocycles. The Kier molecular flexibility index (Phi) is 7.28. The largest absolute Gasteiger partial charge is 0.484 e. The average molecular weight is 551 g/mol. The molecule has 1 amide bonds. The molecule has 0 bridgehead atoms. The van der Waals surface area contributed by atoms with Crippen LogP contribution in [0.3, 0.4) is 0 Å². The van der Waals surface area contributed by atoms with Crippen molar-refractivity contribution in [3.8, 4) is 22.9 Å². The first kappa shape index (κ1) is 26.9. The summed E-state index contributed by atoms with van der Waals surface area (Å²) in [6.45, 7) is -0.650. The summed E-state index contributed by atoms with van der Waals surface area (Å²) in [6.07, 6.45) is -6.23. The van der Waals surface area contributed by atoms with E-state index in [1.165, 1.54) is 18.2 Å². The number of sulfonamides is 1. The number of nitrogens with one attached hydrogen (secondary N) is 1. The van der Waals surface area contributed by atoms with Crippen LogP contribution in [0.15, 0.2) is 65.6 Å². The Balaban J connectivity index is 1.80. The lowest BCUT2D eigenvalue weighted by atomic mass is 10.0. The Labute approximate surface area is 214 Å². The van der Waals surface area contributed by atoms with Crippen molar-refractivity contribution in [3.63, 3.8) is 0 Å². The summed E-state index contributed by atoms with van der Waals surface area (Å²) >= 11 is 0. The van der Waals surface area contributed by atoms with Crippen LogP contribution in [0, 0.1) is 23.0 Å². The predicted molar refractivity (Wildman–Crippen MR) is 125 cm³/mol. The number of alkyl halides is 3. The van der Waals surface area contributed by atoms with Gasteiger partial charge >= 0.3 is 6.18 Å². The SMILES string of the molecule is N#CCC(=O)NC[C@H]1CN(S(=O)(=O)c2cccc(C(F)(F)F)c2)c2cc(-c3cc(F)ccc3F)ccc2O1. The van der Waals surface area contributed by atoms with Gasteiger partial charge in [0.25, 0.3) is 10.0 Å². The molecule has 0 fully saturated rings. The number of amides is 1. The first-order valence-electron chi connectivity index (χ1n) is 11.0. The fraction of sp³-hybridized carbons (Fsp3) is 0.200. The zero-order chi connectivity index (χ0) is 27.7. The summed E-state index contributed by atoms with van der Waals surface area (Å²) in [7, 11) is -4.64. The number of halogens is 5. The number of anilines is 1. The van der Waals surface area contributed by atoms with E-state index in [1.807, 2.05) is 0 Å². The molecule has 3 aromatic rings. The van der Waals surface area contributed by atoms with Gasteiger partial charge in [0.05, 0.1) is 35.3 Å². The summed E-state index contributed by atoms with van der Waals surface area (Å²) in [5, 5.41) is 11.1. The highest BCUT2D eigenvalue weighted by Crippen LogP contribution is 2.41. The predicted octanol–water partition coefficient (Wildman–Crippen LogP) is 4.64. The molecule has 3 aromatic carbocycles. The number of benzene rings is 3. The smallest absolute Gasteiger partial charge is 0.416 e. The third-order valence-corrected chi connectivity index (χ3v) is 7.42. The van der Waals surface area contributed by atoms with Gasteiger partial charge in [0.1, 0.15) is 29.9 Å². The third-order valence-electron chi connectivity index (χ3n) is 5.65. The van der Waals surface area contributed by atoms with E-state index >= 15 is 0 Å². The van der Waals surface area contributed by atoms with Gasteiger partial charge in [-0.15, -0.1) is 0 Å². The second-order valence-electron chi connectivity index (χ2n) is 8.25. The molecule has 7 nitrogen and oxygen atoms in total. The Hall–Kier alpha value is -4.18. The van der Waals surface area contributed by atoms with Gasteiger partial charge in [-0.3, -0.25) is 9.10 Å². The number of carbonyl (C=O) groups is 1. The van der Waals surface area contributed by atoms with Gasteiger partial charge in [-0.2, -0.15) is 18.4 Å². The molecule has 0 unspecified atom stereocenters. The number of nitrogens with zero attached hydrogens (tertiary/aromatic N) is 2. The molecule has 0 aliphatic carbocycles. The van der Waals surface area contributed by atoms with Gasteiger partial charge in [-0.1, -0.05) is 12.1 Å². The van der Waals surface area contributed by atoms with Crippen LogP contribution in [-0.4, -0.2) is 33.5 Å². The molecule has 1 aliphatic heterocycles. The van der Waals surface area contributed by atoms with E-state index in [0.29, 0.717) is 6.07 Å². The van der Waals surface area contributed by atoms with Crippen molar-refractivity contribution in [2.75, 3.05) is 17.4 Å².